The number of nitrogens with one attached hydrogen (secondary N) is 1. The molecule has 0 saturated carbocycles. The van der Waals surface area contributed by atoms with Crippen LogP contribution in [0.2, 0.25) is 0 Å². The van der Waals surface area contributed by atoms with Crippen molar-refractivity contribution in [1.82, 2.24) is 4.98 Å². The highest BCUT2D eigenvalue weighted by atomic mass is 79.9. The van der Waals surface area contributed by atoms with Crippen LogP contribution in [0, 0.1) is 6.92 Å². The number of hydrogen-bond donors (Lipinski definition) is 1. The lowest BCUT2D eigenvalue weighted by Crippen LogP contribution is -2.11. The van der Waals surface area contributed by atoms with Crippen LogP contribution in [0.3, 0.4) is 0 Å². The SMILES string of the molecule is Cc1cc(NC(=O)c2nccs2)ccc1Br. The van der Waals surface area contributed by atoms with Gasteiger partial charge in [0.15, 0.2) is 5.01 Å². The molecule has 3 nitrogen and oxygen atoms in total. The Labute approximate surface area is 106 Å². The molecule has 0 bridgehead atoms. The lowest BCUT2D eigenvalue weighted by molar-refractivity contribution is 0.102. The van der Waals surface area contributed by atoms with Crippen LogP contribution in [0.25, 0.3) is 0 Å². The summed E-state index contributed by atoms with van der Waals surface area (Å²) in [6.07, 6.45) is 1.62. The number of carbonyl (C=O) groups excluding carboxylic acids is 1. The summed E-state index contributed by atoms with van der Waals surface area (Å²) >= 11 is 4.74. The Bertz CT molecular complexity index is 511. The van der Waals surface area contributed by atoms with Crippen molar-refractivity contribution in [1.29, 1.82) is 0 Å². The molecule has 0 aliphatic heterocycles. The molecule has 16 heavy (non-hydrogen) atoms. The van der Waals surface area contributed by atoms with E-state index in [0.717, 1.165) is 15.7 Å². The summed E-state index contributed by atoms with van der Waals surface area (Å²) in [7, 11) is 0. The number of halogens is 1. The highest BCUT2D eigenvalue weighted by molar-refractivity contribution is 9.10. The standard InChI is InChI=1S/C11H9BrN2OS/c1-7-6-8(2-3-9(7)12)14-10(15)11-13-4-5-16-11/h2-6H,1H3,(H,14,15). The summed E-state index contributed by atoms with van der Waals surface area (Å²) < 4.78 is 1.03. The summed E-state index contributed by atoms with van der Waals surface area (Å²) in [5.41, 5.74) is 1.86. The van der Waals surface area contributed by atoms with Crippen molar-refractivity contribution in [2.75, 3.05) is 5.32 Å². The Balaban J connectivity index is 2.15. The molecule has 1 heterocycles. The highest BCUT2D eigenvalue weighted by Gasteiger charge is 2.08. The van der Waals surface area contributed by atoms with Crippen molar-refractivity contribution < 1.29 is 4.79 Å². The minimum atomic E-state index is -0.170. The Morgan fingerprint density at radius 2 is 2.31 bits per heavy atom. The quantitative estimate of drug-likeness (QED) is 0.922. The molecule has 0 atom stereocenters. The molecular formula is C11H9BrN2OS. The Kier molecular flexibility index (Phi) is 3.36. The average Bonchev–Trinajstić information content (AvgIpc) is 2.77. The van der Waals surface area contributed by atoms with Gasteiger partial charge < -0.3 is 5.32 Å². The third kappa shape index (κ3) is 2.48. The van der Waals surface area contributed by atoms with E-state index in [1.807, 2.05) is 25.1 Å². The Morgan fingerprint density at radius 3 is 2.94 bits per heavy atom. The van der Waals surface area contributed by atoms with Crippen molar-refractivity contribution in [3.63, 3.8) is 0 Å². The summed E-state index contributed by atoms with van der Waals surface area (Å²) in [6.45, 7) is 1.98. The minimum absolute atomic E-state index is 0.170. The first-order chi connectivity index (χ1) is 7.66. The van der Waals surface area contributed by atoms with Gasteiger partial charge in [-0.25, -0.2) is 4.98 Å². The van der Waals surface area contributed by atoms with E-state index in [1.54, 1.807) is 11.6 Å². The van der Waals surface area contributed by atoms with Gasteiger partial charge in [-0.1, -0.05) is 15.9 Å². The zero-order valence-corrected chi connectivity index (χ0v) is 10.9. The van der Waals surface area contributed by atoms with Crippen LogP contribution in [0.1, 0.15) is 15.4 Å². The molecule has 2 rings (SSSR count). The van der Waals surface area contributed by atoms with Gasteiger partial charge in [0.25, 0.3) is 5.91 Å². The van der Waals surface area contributed by atoms with Crippen LogP contribution in [-0.2, 0) is 0 Å². The van der Waals surface area contributed by atoms with Crippen LogP contribution >= 0.6 is 27.3 Å². The topological polar surface area (TPSA) is 42.0 Å². The van der Waals surface area contributed by atoms with Crippen molar-refractivity contribution in [2.45, 2.75) is 6.92 Å². The molecule has 2 aromatic rings. The first kappa shape index (κ1) is 11.3. The second kappa shape index (κ2) is 4.76. The number of carbonyl (C=O) groups is 1. The maximum absolute atomic E-state index is 11.7. The molecule has 0 aliphatic rings. The van der Waals surface area contributed by atoms with E-state index in [2.05, 4.69) is 26.2 Å². The largest absolute Gasteiger partial charge is 0.320 e. The van der Waals surface area contributed by atoms with Crippen LogP contribution in [0.5, 0.6) is 0 Å². The molecule has 1 N–H and O–H groups in total. The number of aromatic nitrogens is 1. The minimum Gasteiger partial charge on any atom is -0.320 e. The smallest absolute Gasteiger partial charge is 0.284 e. The number of amides is 1. The summed E-state index contributed by atoms with van der Waals surface area (Å²) in [6, 6.07) is 5.67. The zero-order valence-electron chi connectivity index (χ0n) is 8.53. The molecule has 0 saturated heterocycles. The van der Waals surface area contributed by atoms with E-state index < -0.39 is 0 Å². The van der Waals surface area contributed by atoms with Gasteiger partial charge >= 0.3 is 0 Å². The number of anilines is 1. The molecular weight excluding hydrogens is 288 g/mol. The van der Waals surface area contributed by atoms with Gasteiger partial charge in [-0.05, 0) is 30.7 Å². The first-order valence-electron chi connectivity index (χ1n) is 4.64. The van der Waals surface area contributed by atoms with Gasteiger partial charge in [0.1, 0.15) is 0 Å². The van der Waals surface area contributed by atoms with Crippen molar-refractivity contribution in [3.05, 3.63) is 44.8 Å². The number of rotatable bonds is 2. The number of nitrogens with zero attached hydrogens (tertiary/aromatic N) is 1. The second-order valence-electron chi connectivity index (χ2n) is 3.26. The average molecular weight is 297 g/mol. The maximum atomic E-state index is 11.7. The molecule has 5 heteroatoms. The molecule has 1 aromatic heterocycles. The van der Waals surface area contributed by atoms with E-state index in [-0.39, 0.29) is 5.91 Å². The number of thiazole rings is 1. The Morgan fingerprint density at radius 1 is 1.50 bits per heavy atom. The molecule has 0 fully saturated rings. The Hall–Kier alpha value is -1.20. The van der Waals surface area contributed by atoms with Gasteiger partial charge in [0.05, 0.1) is 0 Å². The van der Waals surface area contributed by atoms with Gasteiger partial charge in [-0.2, -0.15) is 0 Å². The summed E-state index contributed by atoms with van der Waals surface area (Å²) in [5.74, 6) is -0.170. The predicted octanol–water partition coefficient (Wildman–Crippen LogP) is 3.47. The van der Waals surface area contributed by atoms with Gasteiger partial charge in [-0.3, -0.25) is 4.79 Å². The normalized spacial score (nSPS) is 10.1. The molecule has 0 spiro atoms. The van der Waals surface area contributed by atoms with E-state index in [9.17, 15) is 4.79 Å². The van der Waals surface area contributed by atoms with Crippen molar-refractivity contribution in [2.24, 2.45) is 0 Å². The van der Waals surface area contributed by atoms with Gasteiger partial charge in [-0.15, -0.1) is 11.3 Å². The van der Waals surface area contributed by atoms with Gasteiger partial charge in [0.2, 0.25) is 0 Å². The lowest BCUT2D eigenvalue weighted by Gasteiger charge is -2.05. The fraction of sp³-hybridized carbons (Fsp3) is 0.0909. The molecule has 0 unspecified atom stereocenters. The highest BCUT2D eigenvalue weighted by Crippen LogP contribution is 2.20. The second-order valence-corrected chi connectivity index (χ2v) is 5.00. The molecule has 0 aliphatic carbocycles. The maximum Gasteiger partial charge on any atom is 0.284 e. The lowest BCUT2D eigenvalue weighted by atomic mass is 10.2. The van der Waals surface area contributed by atoms with Crippen LogP contribution in [-0.4, -0.2) is 10.9 Å². The van der Waals surface area contributed by atoms with Crippen LogP contribution in [0.15, 0.2) is 34.2 Å². The molecule has 1 aromatic carbocycles. The van der Waals surface area contributed by atoms with E-state index in [0.29, 0.717) is 5.01 Å². The van der Waals surface area contributed by atoms with E-state index >= 15 is 0 Å². The molecule has 1 amide bonds. The van der Waals surface area contributed by atoms with Gasteiger partial charge in [0, 0.05) is 21.7 Å². The summed E-state index contributed by atoms with van der Waals surface area (Å²) in [5, 5.41) is 5.05. The fourth-order valence-electron chi connectivity index (χ4n) is 1.24. The van der Waals surface area contributed by atoms with Crippen LogP contribution < -0.4 is 5.32 Å². The number of hydrogen-bond acceptors (Lipinski definition) is 3. The fourth-order valence-corrected chi connectivity index (χ4v) is 2.02. The first-order valence-corrected chi connectivity index (χ1v) is 6.31. The van der Waals surface area contributed by atoms with E-state index in [1.165, 1.54) is 11.3 Å². The monoisotopic (exact) mass is 296 g/mol. The number of aryl methyl sites for hydroxylation is 1. The van der Waals surface area contributed by atoms with Crippen LogP contribution in [0.4, 0.5) is 5.69 Å². The third-order valence-electron chi connectivity index (χ3n) is 2.04. The van der Waals surface area contributed by atoms with Crippen molar-refractivity contribution >= 4 is 38.9 Å². The molecule has 82 valence electrons. The third-order valence-corrected chi connectivity index (χ3v) is 3.70. The van der Waals surface area contributed by atoms with E-state index in [4.69, 9.17) is 0 Å². The summed E-state index contributed by atoms with van der Waals surface area (Å²) in [4.78, 5) is 15.6. The zero-order chi connectivity index (χ0) is 11.5. The van der Waals surface area contributed by atoms with Crippen molar-refractivity contribution in [3.8, 4) is 0 Å². The predicted molar refractivity (Wildman–Crippen MR) is 68.9 cm³/mol. The number of benzene rings is 1. The molecule has 0 radical (unpaired) electrons.